The summed E-state index contributed by atoms with van der Waals surface area (Å²) in [7, 11) is 2.13. The Morgan fingerprint density at radius 3 is 3.00 bits per heavy atom. The first-order valence-corrected chi connectivity index (χ1v) is 4.72. The fourth-order valence-corrected chi connectivity index (χ4v) is 2.23. The molecule has 2 rings (SSSR count). The first-order valence-electron chi connectivity index (χ1n) is 4.72. The molecular formula is C9H16N2O. The van der Waals surface area contributed by atoms with E-state index in [2.05, 4.69) is 17.3 Å². The van der Waals surface area contributed by atoms with Gasteiger partial charge in [-0.1, -0.05) is 0 Å². The Labute approximate surface area is 73.1 Å². The Bertz CT molecular complexity index is 193. The molecule has 0 amide bonds. The second-order valence-corrected chi connectivity index (χ2v) is 3.94. The molecule has 2 fully saturated rings. The van der Waals surface area contributed by atoms with Gasteiger partial charge in [-0.25, -0.2) is 0 Å². The molecule has 2 heterocycles. The molecule has 2 atom stereocenters. The predicted octanol–water partition coefficient (Wildman–Crippen LogP) is -0.131. The van der Waals surface area contributed by atoms with Crippen LogP contribution in [0.2, 0.25) is 0 Å². The third-order valence-electron chi connectivity index (χ3n) is 3.08. The van der Waals surface area contributed by atoms with Gasteiger partial charge >= 0.3 is 0 Å². The van der Waals surface area contributed by atoms with Crippen LogP contribution in [0, 0.1) is 5.92 Å². The van der Waals surface area contributed by atoms with Crippen LogP contribution in [0.4, 0.5) is 0 Å². The highest BCUT2D eigenvalue weighted by Gasteiger charge is 2.35. The highest BCUT2D eigenvalue weighted by atomic mass is 16.1. The molecule has 3 nitrogen and oxygen atoms in total. The van der Waals surface area contributed by atoms with E-state index in [0.29, 0.717) is 24.3 Å². The molecule has 2 unspecified atom stereocenters. The summed E-state index contributed by atoms with van der Waals surface area (Å²) in [5, 5.41) is 3.29. The number of fused-ring (bicyclic) bond motifs is 1. The molecule has 0 aliphatic carbocycles. The molecule has 3 heteroatoms. The monoisotopic (exact) mass is 168 g/mol. The van der Waals surface area contributed by atoms with Crippen molar-refractivity contribution in [1.82, 2.24) is 10.2 Å². The van der Waals surface area contributed by atoms with Gasteiger partial charge in [0.05, 0.1) is 6.54 Å². The van der Waals surface area contributed by atoms with Gasteiger partial charge < -0.3 is 10.2 Å². The Balaban J connectivity index is 2.04. The van der Waals surface area contributed by atoms with Crippen LogP contribution < -0.4 is 5.32 Å². The van der Waals surface area contributed by atoms with Gasteiger partial charge in [0, 0.05) is 12.0 Å². The van der Waals surface area contributed by atoms with Crippen molar-refractivity contribution in [3.8, 4) is 0 Å². The molecule has 0 aromatic rings. The average molecular weight is 168 g/mol. The number of likely N-dealkylation sites (tertiary alicyclic amines) is 1. The van der Waals surface area contributed by atoms with Gasteiger partial charge in [-0.2, -0.15) is 0 Å². The van der Waals surface area contributed by atoms with Crippen molar-refractivity contribution in [2.24, 2.45) is 5.92 Å². The van der Waals surface area contributed by atoms with Crippen LogP contribution in [0.15, 0.2) is 0 Å². The van der Waals surface area contributed by atoms with Crippen molar-refractivity contribution in [2.75, 3.05) is 26.7 Å². The van der Waals surface area contributed by atoms with Crippen molar-refractivity contribution >= 4 is 5.78 Å². The third kappa shape index (κ3) is 1.39. The second-order valence-electron chi connectivity index (χ2n) is 3.94. The van der Waals surface area contributed by atoms with Crippen molar-refractivity contribution in [3.05, 3.63) is 0 Å². The molecule has 2 saturated heterocycles. The molecule has 68 valence electrons. The lowest BCUT2D eigenvalue weighted by molar-refractivity contribution is -0.119. The van der Waals surface area contributed by atoms with Crippen molar-refractivity contribution < 1.29 is 4.79 Å². The van der Waals surface area contributed by atoms with Gasteiger partial charge in [0.2, 0.25) is 0 Å². The molecule has 0 bridgehead atoms. The lowest BCUT2D eigenvalue weighted by Crippen LogP contribution is -2.27. The summed E-state index contributed by atoms with van der Waals surface area (Å²) in [6.45, 7) is 2.81. The van der Waals surface area contributed by atoms with Gasteiger partial charge in [-0.15, -0.1) is 0 Å². The number of rotatable bonds is 0. The number of Topliss-reactive ketones (excluding diaryl/α,β-unsaturated/α-hetero) is 1. The zero-order chi connectivity index (χ0) is 8.55. The van der Waals surface area contributed by atoms with E-state index in [1.165, 1.54) is 0 Å². The third-order valence-corrected chi connectivity index (χ3v) is 3.08. The van der Waals surface area contributed by atoms with Crippen LogP contribution in [0.25, 0.3) is 0 Å². The second kappa shape index (κ2) is 3.15. The van der Waals surface area contributed by atoms with Crippen LogP contribution in [0.3, 0.4) is 0 Å². The topological polar surface area (TPSA) is 32.3 Å². The van der Waals surface area contributed by atoms with Crippen LogP contribution >= 0.6 is 0 Å². The van der Waals surface area contributed by atoms with E-state index >= 15 is 0 Å². The molecule has 0 radical (unpaired) electrons. The number of hydrogen-bond acceptors (Lipinski definition) is 3. The van der Waals surface area contributed by atoms with Crippen molar-refractivity contribution in [2.45, 2.75) is 18.9 Å². The zero-order valence-electron chi connectivity index (χ0n) is 7.55. The number of hydrogen-bond donors (Lipinski definition) is 1. The van der Waals surface area contributed by atoms with Gasteiger partial charge in [-0.05, 0) is 33.0 Å². The molecular weight excluding hydrogens is 152 g/mol. The normalized spacial score (nSPS) is 37.9. The van der Waals surface area contributed by atoms with Gasteiger partial charge in [-0.3, -0.25) is 4.79 Å². The van der Waals surface area contributed by atoms with E-state index < -0.39 is 0 Å². The first kappa shape index (κ1) is 8.20. The van der Waals surface area contributed by atoms with E-state index in [9.17, 15) is 4.79 Å². The predicted molar refractivity (Wildman–Crippen MR) is 47.0 cm³/mol. The highest BCUT2D eigenvalue weighted by molar-refractivity contribution is 5.85. The quantitative estimate of drug-likeness (QED) is 0.547. The molecule has 0 aromatic heterocycles. The van der Waals surface area contributed by atoms with Crippen LogP contribution in [0.5, 0.6) is 0 Å². The standard InChI is InChI=1S/C9H16N2O/c1-11-4-2-7-8(3-5-11)10-6-9(7)12/h7-8,10H,2-6H2,1H3. The van der Waals surface area contributed by atoms with Crippen molar-refractivity contribution in [3.63, 3.8) is 0 Å². The summed E-state index contributed by atoms with van der Waals surface area (Å²) < 4.78 is 0. The SMILES string of the molecule is CN1CCC2NCC(=O)C2CC1. The number of nitrogens with one attached hydrogen (secondary N) is 1. The minimum atomic E-state index is 0.315. The minimum Gasteiger partial charge on any atom is -0.306 e. The number of nitrogens with zero attached hydrogens (tertiary/aromatic N) is 1. The number of carbonyl (C=O) groups is 1. The van der Waals surface area contributed by atoms with Crippen LogP contribution in [0.1, 0.15) is 12.8 Å². The summed E-state index contributed by atoms with van der Waals surface area (Å²) in [5.74, 6) is 0.741. The molecule has 0 aromatic carbocycles. The fourth-order valence-electron chi connectivity index (χ4n) is 2.23. The average Bonchev–Trinajstić information content (AvgIpc) is 2.28. The van der Waals surface area contributed by atoms with Gasteiger partial charge in [0.25, 0.3) is 0 Å². The Hall–Kier alpha value is -0.410. The molecule has 2 aliphatic rings. The van der Waals surface area contributed by atoms with Crippen LogP contribution in [-0.2, 0) is 4.79 Å². The number of carbonyl (C=O) groups excluding carboxylic acids is 1. The number of ketones is 1. The largest absolute Gasteiger partial charge is 0.306 e. The highest BCUT2D eigenvalue weighted by Crippen LogP contribution is 2.22. The maximum absolute atomic E-state index is 11.4. The van der Waals surface area contributed by atoms with E-state index in [-0.39, 0.29) is 0 Å². The first-order chi connectivity index (χ1) is 5.77. The van der Waals surface area contributed by atoms with E-state index in [1.807, 2.05) is 0 Å². The van der Waals surface area contributed by atoms with E-state index in [1.54, 1.807) is 0 Å². The Morgan fingerprint density at radius 1 is 1.42 bits per heavy atom. The molecule has 12 heavy (non-hydrogen) atoms. The molecule has 2 aliphatic heterocycles. The lowest BCUT2D eigenvalue weighted by atomic mass is 9.95. The Kier molecular flexibility index (Phi) is 2.15. The summed E-state index contributed by atoms with van der Waals surface area (Å²) in [6.07, 6.45) is 2.18. The molecule has 1 N–H and O–H groups in total. The Morgan fingerprint density at radius 2 is 2.17 bits per heavy atom. The van der Waals surface area contributed by atoms with E-state index in [0.717, 1.165) is 25.9 Å². The summed E-state index contributed by atoms with van der Waals surface area (Å²) in [5.41, 5.74) is 0. The smallest absolute Gasteiger partial charge is 0.151 e. The van der Waals surface area contributed by atoms with Crippen molar-refractivity contribution in [1.29, 1.82) is 0 Å². The maximum atomic E-state index is 11.4. The summed E-state index contributed by atoms with van der Waals surface area (Å²) >= 11 is 0. The summed E-state index contributed by atoms with van der Waals surface area (Å²) in [6, 6.07) is 0.474. The van der Waals surface area contributed by atoms with Crippen LogP contribution in [-0.4, -0.2) is 43.4 Å². The van der Waals surface area contributed by atoms with Gasteiger partial charge in [0.1, 0.15) is 0 Å². The minimum absolute atomic E-state index is 0.315. The fraction of sp³-hybridized carbons (Fsp3) is 0.889. The maximum Gasteiger partial charge on any atom is 0.151 e. The van der Waals surface area contributed by atoms with Gasteiger partial charge in [0.15, 0.2) is 5.78 Å². The lowest BCUT2D eigenvalue weighted by Gasteiger charge is -2.12. The summed E-state index contributed by atoms with van der Waals surface area (Å²) in [4.78, 5) is 13.7. The zero-order valence-corrected chi connectivity index (χ0v) is 7.55. The molecule has 0 saturated carbocycles. The molecule has 0 spiro atoms. The van der Waals surface area contributed by atoms with E-state index in [4.69, 9.17) is 0 Å².